The number of ether oxygens (including phenoxy) is 2. The van der Waals surface area contributed by atoms with Crippen molar-refractivity contribution in [2.75, 3.05) is 19.5 Å². The van der Waals surface area contributed by atoms with Crippen molar-refractivity contribution in [3.8, 4) is 16.9 Å². The first-order valence-corrected chi connectivity index (χ1v) is 11.4. The molecule has 0 N–H and O–H groups in total. The maximum Gasteiger partial charge on any atom is 0.327 e. The minimum Gasteiger partial charge on any atom is -0.494 e. The van der Waals surface area contributed by atoms with E-state index in [1.807, 2.05) is 6.92 Å². The highest BCUT2D eigenvalue weighted by Gasteiger charge is 2.44. The minimum atomic E-state index is -3.83. The van der Waals surface area contributed by atoms with Crippen molar-refractivity contribution in [3.63, 3.8) is 0 Å². The normalized spacial score (nSPS) is 13.5. The number of halogens is 1. The number of nitrogens with zero attached hydrogens (tertiary/aromatic N) is 1. The molecule has 1 heterocycles. The number of sulfone groups is 1. The Morgan fingerprint density at radius 1 is 1.17 bits per heavy atom. The van der Waals surface area contributed by atoms with Gasteiger partial charge < -0.3 is 14.0 Å². The first kappa shape index (κ1) is 23.6. The first-order valence-electron chi connectivity index (χ1n) is 9.53. The fourth-order valence-corrected chi connectivity index (χ4v) is 3.72. The van der Waals surface area contributed by atoms with Crippen LogP contribution in [0, 0.1) is 5.82 Å². The maximum absolute atomic E-state index is 14.7. The SMILES string of the molecule is CCOC(=O)[C@@](C)(CCn1cc(F)c(-c2ccc(OCC)cc2)cc1=O)S(C)(=O)=O. The molecule has 0 aliphatic carbocycles. The molecule has 0 spiro atoms. The number of carbonyl (C=O) groups is 1. The molecule has 2 rings (SSSR count). The number of esters is 1. The fraction of sp³-hybridized carbons (Fsp3) is 0.429. The molecule has 0 aliphatic rings. The Morgan fingerprint density at radius 3 is 2.33 bits per heavy atom. The van der Waals surface area contributed by atoms with E-state index in [2.05, 4.69) is 0 Å². The van der Waals surface area contributed by atoms with Crippen molar-refractivity contribution in [1.82, 2.24) is 4.57 Å². The highest BCUT2D eigenvalue weighted by Crippen LogP contribution is 2.26. The van der Waals surface area contributed by atoms with E-state index in [0.29, 0.717) is 17.9 Å². The van der Waals surface area contributed by atoms with Crippen LogP contribution in [0.3, 0.4) is 0 Å². The standard InChI is InChI=1S/C21H26FNO6S/c1-5-28-16-9-7-15(8-10-16)17-13-19(24)23(14-18(17)22)12-11-21(3,30(4,26)27)20(25)29-6-2/h7-10,13-14H,5-6,11-12H2,1-4H3/t21-/m1/s1. The Hall–Kier alpha value is -2.68. The minimum absolute atomic E-state index is 0.0231. The summed E-state index contributed by atoms with van der Waals surface area (Å²) >= 11 is 0. The van der Waals surface area contributed by atoms with Crippen LogP contribution in [0.5, 0.6) is 5.75 Å². The van der Waals surface area contributed by atoms with Crippen molar-refractivity contribution in [2.24, 2.45) is 0 Å². The van der Waals surface area contributed by atoms with Crippen LogP contribution >= 0.6 is 0 Å². The third kappa shape index (κ3) is 5.08. The van der Waals surface area contributed by atoms with E-state index in [1.165, 1.54) is 6.92 Å². The zero-order valence-corrected chi connectivity index (χ0v) is 18.3. The third-order valence-corrected chi connectivity index (χ3v) is 6.92. The molecule has 0 unspecified atom stereocenters. The van der Waals surface area contributed by atoms with Crippen LogP contribution in [-0.2, 0) is 25.9 Å². The van der Waals surface area contributed by atoms with E-state index in [9.17, 15) is 22.4 Å². The Bertz CT molecular complexity index is 1060. The van der Waals surface area contributed by atoms with E-state index in [0.717, 1.165) is 23.1 Å². The van der Waals surface area contributed by atoms with Crippen LogP contribution in [0.2, 0.25) is 0 Å². The molecular weight excluding hydrogens is 413 g/mol. The van der Waals surface area contributed by atoms with Crippen molar-refractivity contribution >= 4 is 15.8 Å². The lowest BCUT2D eigenvalue weighted by Gasteiger charge is -2.25. The van der Waals surface area contributed by atoms with Crippen LogP contribution in [0.4, 0.5) is 4.39 Å². The number of benzene rings is 1. The van der Waals surface area contributed by atoms with Gasteiger partial charge in [-0.05, 0) is 44.9 Å². The van der Waals surface area contributed by atoms with Crippen LogP contribution in [-0.4, -0.2) is 43.2 Å². The van der Waals surface area contributed by atoms with Gasteiger partial charge in [-0.1, -0.05) is 12.1 Å². The monoisotopic (exact) mass is 439 g/mol. The number of pyridine rings is 1. The lowest BCUT2D eigenvalue weighted by Crippen LogP contribution is -2.45. The van der Waals surface area contributed by atoms with Gasteiger partial charge in [0.25, 0.3) is 5.56 Å². The van der Waals surface area contributed by atoms with E-state index in [4.69, 9.17) is 9.47 Å². The molecule has 0 bridgehead atoms. The van der Waals surface area contributed by atoms with Gasteiger partial charge in [0.05, 0.1) is 13.2 Å². The largest absolute Gasteiger partial charge is 0.494 e. The third-order valence-electron chi connectivity index (χ3n) is 4.91. The van der Waals surface area contributed by atoms with Gasteiger partial charge in [0.1, 0.15) is 11.6 Å². The quantitative estimate of drug-likeness (QED) is 0.558. The molecule has 0 saturated carbocycles. The van der Waals surface area contributed by atoms with Crippen LogP contribution < -0.4 is 10.3 Å². The molecule has 0 fully saturated rings. The number of aryl methyl sites for hydroxylation is 1. The Labute approximate surface area is 175 Å². The van der Waals surface area contributed by atoms with Crippen molar-refractivity contribution in [3.05, 3.63) is 52.7 Å². The molecule has 1 aromatic carbocycles. The second kappa shape index (κ2) is 9.42. The molecule has 30 heavy (non-hydrogen) atoms. The summed E-state index contributed by atoms with van der Waals surface area (Å²) in [4.78, 5) is 24.7. The summed E-state index contributed by atoms with van der Waals surface area (Å²) in [5, 5.41) is 0. The molecule has 7 nitrogen and oxygen atoms in total. The molecule has 1 atom stereocenters. The zero-order chi connectivity index (χ0) is 22.5. The number of hydrogen-bond acceptors (Lipinski definition) is 6. The van der Waals surface area contributed by atoms with Crippen LogP contribution in [0.15, 0.2) is 41.3 Å². The topological polar surface area (TPSA) is 91.7 Å². The van der Waals surface area contributed by atoms with Crippen molar-refractivity contribution in [2.45, 2.75) is 38.5 Å². The summed E-state index contributed by atoms with van der Waals surface area (Å²) < 4.78 is 48.5. The Balaban J connectivity index is 2.30. The van der Waals surface area contributed by atoms with Gasteiger partial charge in [-0.2, -0.15) is 0 Å². The number of hydrogen-bond donors (Lipinski definition) is 0. The molecule has 164 valence electrons. The molecule has 0 aliphatic heterocycles. The molecular formula is C21H26FNO6S. The Kier molecular flexibility index (Phi) is 7.41. The lowest BCUT2D eigenvalue weighted by molar-refractivity contribution is -0.146. The van der Waals surface area contributed by atoms with Gasteiger partial charge in [-0.25, -0.2) is 12.8 Å². The lowest BCUT2D eigenvalue weighted by atomic mass is 10.1. The highest BCUT2D eigenvalue weighted by molar-refractivity contribution is 7.92. The molecule has 0 radical (unpaired) electrons. The van der Waals surface area contributed by atoms with E-state index >= 15 is 0 Å². The van der Waals surface area contributed by atoms with Gasteiger partial charge in [0.2, 0.25) is 0 Å². The average molecular weight is 440 g/mol. The summed E-state index contributed by atoms with van der Waals surface area (Å²) in [5.41, 5.74) is 0.114. The molecule has 0 saturated heterocycles. The van der Waals surface area contributed by atoms with Crippen LogP contribution in [0.25, 0.3) is 11.1 Å². The summed E-state index contributed by atoms with van der Waals surface area (Å²) in [5.74, 6) is -0.906. The van der Waals surface area contributed by atoms with Gasteiger partial charge >= 0.3 is 5.97 Å². The smallest absolute Gasteiger partial charge is 0.327 e. The molecule has 2 aromatic rings. The summed E-state index contributed by atoms with van der Waals surface area (Å²) in [6, 6.07) is 7.80. The molecule has 1 aromatic heterocycles. The van der Waals surface area contributed by atoms with Gasteiger partial charge in [-0.3, -0.25) is 9.59 Å². The zero-order valence-electron chi connectivity index (χ0n) is 17.5. The van der Waals surface area contributed by atoms with Gasteiger partial charge in [0, 0.05) is 30.6 Å². The number of aromatic nitrogens is 1. The first-order chi connectivity index (χ1) is 14.0. The van der Waals surface area contributed by atoms with Gasteiger partial charge in [-0.15, -0.1) is 0 Å². The van der Waals surface area contributed by atoms with E-state index in [1.54, 1.807) is 31.2 Å². The fourth-order valence-electron chi connectivity index (χ4n) is 2.90. The second-order valence-corrected chi connectivity index (χ2v) is 9.44. The summed E-state index contributed by atoms with van der Waals surface area (Å²) in [7, 11) is -3.83. The van der Waals surface area contributed by atoms with Crippen molar-refractivity contribution < 1.29 is 27.1 Å². The van der Waals surface area contributed by atoms with E-state index in [-0.39, 0.29) is 25.1 Å². The maximum atomic E-state index is 14.7. The predicted octanol–water partition coefficient (Wildman–Crippen LogP) is 2.81. The molecule has 0 amide bonds. The number of carbonyl (C=O) groups excluding carboxylic acids is 1. The van der Waals surface area contributed by atoms with E-state index < -0.39 is 31.9 Å². The van der Waals surface area contributed by atoms with Gasteiger partial charge in [0.15, 0.2) is 14.6 Å². The molecule has 9 heteroatoms. The number of rotatable bonds is 9. The highest BCUT2D eigenvalue weighted by atomic mass is 32.2. The summed E-state index contributed by atoms with van der Waals surface area (Å²) in [6.45, 7) is 5.03. The average Bonchev–Trinajstić information content (AvgIpc) is 2.68. The summed E-state index contributed by atoms with van der Waals surface area (Å²) in [6.07, 6.45) is 1.72. The predicted molar refractivity (Wildman–Crippen MR) is 112 cm³/mol. The van der Waals surface area contributed by atoms with Crippen LogP contribution in [0.1, 0.15) is 27.2 Å². The Morgan fingerprint density at radius 2 is 1.80 bits per heavy atom. The van der Waals surface area contributed by atoms with Crippen molar-refractivity contribution in [1.29, 1.82) is 0 Å². The second-order valence-electron chi connectivity index (χ2n) is 7.00.